The monoisotopic (exact) mass is 516 g/mol. The first kappa shape index (κ1) is 29.8. The Morgan fingerprint density at radius 2 is 1.26 bits per heavy atom. The predicted molar refractivity (Wildman–Crippen MR) is 154 cm³/mol. The number of esters is 1. The van der Waals surface area contributed by atoms with Gasteiger partial charge in [-0.05, 0) is 83.0 Å². The highest BCUT2D eigenvalue weighted by Gasteiger charge is 2.14. The van der Waals surface area contributed by atoms with Crippen molar-refractivity contribution < 1.29 is 28.5 Å². The number of hydrogen-bond acceptors (Lipinski definition) is 6. The summed E-state index contributed by atoms with van der Waals surface area (Å²) in [4.78, 5) is 12.2. The molecule has 0 unspecified atom stereocenters. The molecule has 0 atom stereocenters. The maximum absolute atomic E-state index is 12.2. The third kappa shape index (κ3) is 9.54. The topological polar surface area (TPSA) is 63.2 Å². The molecular formula is C32H36O6. The molecule has 200 valence electrons. The van der Waals surface area contributed by atoms with Crippen LogP contribution in [0.4, 0.5) is 0 Å². The number of carbonyl (C=O) groups excluding carboxylic acids is 1. The van der Waals surface area contributed by atoms with E-state index < -0.39 is 5.97 Å². The molecule has 0 saturated heterocycles. The average Bonchev–Trinajstić information content (AvgIpc) is 2.90. The van der Waals surface area contributed by atoms with E-state index in [4.69, 9.17) is 23.7 Å². The van der Waals surface area contributed by atoms with E-state index in [2.05, 4.69) is 0 Å². The molecule has 6 heteroatoms. The molecule has 0 amide bonds. The van der Waals surface area contributed by atoms with Crippen molar-refractivity contribution in [1.29, 1.82) is 0 Å². The fraction of sp³-hybridized carbons (Fsp3) is 0.219. The third-order valence-electron chi connectivity index (χ3n) is 4.67. The normalized spacial score (nSPS) is 12.2. The van der Waals surface area contributed by atoms with Crippen molar-refractivity contribution >= 4 is 24.2 Å². The minimum absolute atomic E-state index is 0.213. The van der Waals surface area contributed by atoms with Gasteiger partial charge in [0.05, 0.1) is 31.2 Å². The first-order valence-electron chi connectivity index (χ1n) is 12.4. The van der Waals surface area contributed by atoms with Gasteiger partial charge < -0.3 is 23.7 Å². The molecule has 0 radical (unpaired) electrons. The summed E-state index contributed by atoms with van der Waals surface area (Å²) in [6.07, 6.45) is 20.2. The van der Waals surface area contributed by atoms with Crippen molar-refractivity contribution in [3.05, 3.63) is 102 Å². The van der Waals surface area contributed by atoms with Crippen LogP contribution in [0.3, 0.4) is 0 Å². The van der Waals surface area contributed by atoms with Crippen LogP contribution in [0, 0.1) is 0 Å². The lowest BCUT2D eigenvalue weighted by Crippen LogP contribution is -2.08. The Hall–Kier alpha value is -4.45. The maximum atomic E-state index is 12.2. The van der Waals surface area contributed by atoms with E-state index in [-0.39, 0.29) is 6.10 Å². The van der Waals surface area contributed by atoms with Crippen LogP contribution in [-0.4, -0.2) is 12.1 Å². The lowest BCUT2D eigenvalue weighted by molar-refractivity contribution is -0.141. The Balaban J connectivity index is 2.61. The molecule has 0 saturated carbocycles. The molecule has 2 aromatic rings. The van der Waals surface area contributed by atoms with Crippen LogP contribution in [0.15, 0.2) is 85.8 Å². The maximum Gasteiger partial charge on any atom is 0.331 e. The molecule has 0 aliphatic heterocycles. The van der Waals surface area contributed by atoms with Gasteiger partial charge in [-0.25, -0.2) is 4.79 Å². The second-order valence-corrected chi connectivity index (χ2v) is 8.10. The Kier molecular flexibility index (Phi) is 12.8. The summed E-state index contributed by atoms with van der Waals surface area (Å²) < 4.78 is 28.4. The van der Waals surface area contributed by atoms with E-state index in [0.717, 1.165) is 11.1 Å². The number of hydrogen-bond donors (Lipinski definition) is 0. The minimum atomic E-state index is -0.428. The fourth-order valence-corrected chi connectivity index (χ4v) is 3.11. The van der Waals surface area contributed by atoms with Crippen LogP contribution >= 0.6 is 0 Å². The Morgan fingerprint density at radius 1 is 0.684 bits per heavy atom. The number of benzene rings is 2. The largest absolute Gasteiger partial charge is 0.461 e. The highest BCUT2D eigenvalue weighted by atomic mass is 16.5. The summed E-state index contributed by atoms with van der Waals surface area (Å²) >= 11 is 0. The number of rotatable bonds is 13. The third-order valence-corrected chi connectivity index (χ3v) is 4.67. The van der Waals surface area contributed by atoms with Crippen LogP contribution in [-0.2, 0) is 9.53 Å². The Bertz CT molecular complexity index is 1230. The molecule has 0 N–H and O–H groups in total. The van der Waals surface area contributed by atoms with Gasteiger partial charge in [0.15, 0.2) is 23.0 Å². The minimum Gasteiger partial charge on any atom is -0.461 e. The molecule has 0 aliphatic rings. The van der Waals surface area contributed by atoms with Crippen molar-refractivity contribution in [2.75, 3.05) is 0 Å². The number of allylic oxidation sites excluding steroid dienone is 4. The summed E-state index contributed by atoms with van der Waals surface area (Å²) in [7, 11) is 0. The first-order chi connectivity index (χ1) is 18.4. The van der Waals surface area contributed by atoms with Crippen molar-refractivity contribution in [2.45, 2.75) is 47.6 Å². The van der Waals surface area contributed by atoms with Crippen LogP contribution < -0.4 is 18.9 Å². The van der Waals surface area contributed by atoms with Crippen LogP contribution in [0.1, 0.15) is 58.2 Å². The molecule has 0 aliphatic carbocycles. The summed E-state index contributed by atoms with van der Waals surface area (Å²) in [6.45, 7) is 11.1. The van der Waals surface area contributed by atoms with Crippen LogP contribution in [0.5, 0.6) is 23.0 Å². The Labute approximate surface area is 225 Å². The van der Waals surface area contributed by atoms with E-state index in [1.165, 1.54) is 6.08 Å². The van der Waals surface area contributed by atoms with Gasteiger partial charge in [-0.15, -0.1) is 0 Å². The summed E-state index contributed by atoms with van der Waals surface area (Å²) in [6, 6.07) is 9.27. The van der Waals surface area contributed by atoms with E-state index >= 15 is 0 Å². The quantitative estimate of drug-likeness (QED) is 0.115. The molecule has 0 heterocycles. The summed E-state index contributed by atoms with van der Waals surface area (Å²) in [5, 5.41) is 0. The smallest absolute Gasteiger partial charge is 0.331 e. The van der Waals surface area contributed by atoms with Crippen molar-refractivity contribution in [3.63, 3.8) is 0 Å². The molecule has 6 nitrogen and oxygen atoms in total. The van der Waals surface area contributed by atoms with Gasteiger partial charge in [0.2, 0.25) is 0 Å². The van der Waals surface area contributed by atoms with Gasteiger partial charge in [0.1, 0.15) is 0 Å². The van der Waals surface area contributed by atoms with Gasteiger partial charge in [-0.3, -0.25) is 0 Å². The molecule has 0 aromatic heterocycles. The number of ether oxygens (including phenoxy) is 5. The molecule has 2 rings (SSSR count). The van der Waals surface area contributed by atoms with Crippen LogP contribution in [0.2, 0.25) is 0 Å². The first-order valence-corrected chi connectivity index (χ1v) is 12.4. The van der Waals surface area contributed by atoms with Gasteiger partial charge in [0.25, 0.3) is 0 Å². The zero-order valence-electron chi connectivity index (χ0n) is 22.8. The molecular weight excluding hydrogens is 480 g/mol. The van der Waals surface area contributed by atoms with E-state index in [1.807, 2.05) is 64.1 Å². The van der Waals surface area contributed by atoms with E-state index in [1.54, 1.807) is 75.3 Å². The van der Waals surface area contributed by atoms with Crippen molar-refractivity contribution in [2.24, 2.45) is 0 Å². The Morgan fingerprint density at radius 3 is 1.89 bits per heavy atom. The highest BCUT2D eigenvalue weighted by molar-refractivity contribution is 5.89. The average molecular weight is 517 g/mol. The van der Waals surface area contributed by atoms with E-state index in [0.29, 0.717) is 28.6 Å². The van der Waals surface area contributed by atoms with E-state index in [9.17, 15) is 4.79 Å². The highest BCUT2D eigenvalue weighted by Crippen LogP contribution is 2.37. The zero-order chi connectivity index (χ0) is 27.8. The lowest BCUT2D eigenvalue weighted by Gasteiger charge is -2.14. The lowest BCUT2D eigenvalue weighted by atomic mass is 10.0. The molecule has 0 spiro atoms. The summed E-state index contributed by atoms with van der Waals surface area (Å²) in [5.41, 5.74) is 2.32. The molecule has 0 bridgehead atoms. The SMILES string of the molecule is C/C=C/Oc1ccc(/C=C/c2c(/C=C/C(=O)OC(C)C)ccc(O/C=C/C)c2O/C=C/C)cc1O/C=C/C. The molecule has 2 aromatic carbocycles. The second-order valence-electron chi connectivity index (χ2n) is 8.10. The van der Waals surface area contributed by atoms with Gasteiger partial charge in [0, 0.05) is 11.6 Å². The summed E-state index contributed by atoms with van der Waals surface area (Å²) in [5.74, 6) is 1.74. The standard InChI is InChI=1S/C32H36O6/c1-7-19-34-28-16-12-25(23-30(28)36-21-9-3)11-15-27-26(14-18-31(33)38-24(5)6)13-17-29(35-20-8-2)32(27)37-22-10-4/h7-24H,1-6H3/b15-11+,18-14+,19-7+,20-8+,21-9+,22-10+. The van der Waals surface area contributed by atoms with Gasteiger partial charge >= 0.3 is 5.97 Å². The zero-order valence-corrected chi connectivity index (χ0v) is 22.8. The fourth-order valence-electron chi connectivity index (χ4n) is 3.11. The van der Waals surface area contributed by atoms with Gasteiger partial charge in [-0.2, -0.15) is 0 Å². The number of carbonyl (C=O) groups is 1. The van der Waals surface area contributed by atoms with Gasteiger partial charge in [-0.1, -0.05) is 42.5 Å². The predicted octanol–water partition coefficient (Wildman–Crippen LogP) is 8.47. The molecule has 0 fully saturated rings. The molecule has 38 heavy (non-hydrogen) atoms. The van der Waals surface area contributed by atoms with Crippen molar-refractivity contribution in [1.82, 2.24) is 0 Å². The second kappa shape index (κ2) is 16.3. The van der Waals surface area contributed by atoms with Crippen LogP contribution in [0.25, 0.3) is 18.2 Å². The van der Waals surface area contributed by atoms with Crippen molar-refractivity contribution in [3.8, 4) is 23.0 Å².